The number of carbonyl (C=O) groups excluding carboxylic acids is 1. The topological polar surface area (TPSA) is 187 Å². The molecule has 0 bridgehead atoms. The van der Waals surface area contributed by atoms with E-state index in [4.69, 9.17) is 10.5 Å². The monoisotopic (exact) mass is 541 g/mol. The van der Waals surface area contributed by atoms with Crippen molar-refractivity contribution in [3.8, 4) is 0 Å². The minimum absolute atomic E-state index is 0.00129. The molecule has 0 saturated heterocycles. The molecule has 2 aromatic heterocycles. The number of nitrogens with one attached hydrogen (secondary N) is 2. The summed E-state index contributed by atoms with van der Waals surface area (Å²) in [6.07, 6.45) is 9.09. The number of hydrogen-bond donors (Lipinski definition) is 6. The molecule has 0 spiro atoms. The Bertz CT molecular complexity index is 1370. The first-order valence-electron chi connectivity index (χ1n) is 14.1. The van der Waals surface area contributed by atoms with Crippen LogP contribution in [0.3, 0.4) is 0 Å². The van der Waals surface area contributed by atoms with Gasteiger partial charge in [-0.3, -0.25) is 9.78 Å². The van der Waals surface area contributed by atoms with Crippen molar-refractivity contribution in [2.45, 2.75) is 83.0 Å². The second-order valence-electron chi connectivity index (χ2n) is 12.9. The van der Waals surface area contributed by atoms with Crippen molar-refractivity contribution in [3.63, 3.8) is 0 Å². The highest BCUT2D eigenvalue weighted by Crippen LogP contribution is 2.69. The first-order chi connectivity index (χ1) is 18.5. The Morgan fingerprint density at radius 3 is 2.62 bits per heavy atom. The molecule has 3 heterocycles. The molecule has 0 amide bonds. The number of aliphatic hydroxyl groups excluding tert-OH is 2. The number of imidazole rings is 1. The lowest BCUT2D eigenvalue weighted by atomic mass is 9.42. The third kappa shape index (κ3) is 3.88. The molecule has 39 heavy (non-hydrogen) atoms. The van der Waals surface area contributed by atoms with E-state index in [0.29, 0.717) is 42.4 Å². The van der Waals surface area contributed by atoms with Crippen LogP contribution in [0.25, 0.3) is 11.2 Å². The molecule has 0 unspecified atom stereocenters. The molecule has 2 aromatic rings. The summed E-state index contributed by atoms with van der Waals surface area (Å²) in [5.41, 5.74) is 5.14. The van der Waals surface area contributed by atoms with Gasteiger partial charge in [-0.15, -0.1) is 0 Å². The Morgan fingerprint density at radius 2 is 1.87 bits per heavy atom. The molecule has 11 heteroatoms. The predicted octanol–water partition coefficient (Wildman–Crippen LogP) is 1.80. The Morgan fingerprint density at radius 1 is 1.08 bits per heavy atom. The van der Waals surface area contributed by atoms with E-state index in [1.165, 1.54) is 6.33 Å². The van der Waals surface area contributed by atoms with Gasteiger partial charge in [-0.1, -0.05) is 13.8 Å². The number of nitrogen functional groups attached to an aromatic ring is 1. The highest BCUT2D eigenvalue weighted by atomic mass is 16.5. The van der Waals surface area contributed by atoms with E-state index in [-0.39, 0.29) is 40.8 Å². The number of aliphatic hydroxyl groups is 3. The highest BCUT2D eigenvalue weighted by Gasteiger charge is 2.70. The number of carbonyl (C=O) groups is 1. The van der Waals surface area contributed by atoms with Crippen molar-refractivity contribution >= 4 is 23.1 Å². The lowest BCUT2D eigenvalue weighted by Crippen LogP contribution is -2.67. The van der Waals surface area contributed by atoms with Crippen molar-refractivity contribution in [2.24, 2.45) is 34.5 Å². The van der Waals surface area contributed by atoms with Crippen LogP contribution in [-0.4, -0.2) is 65.6 Å². The average Bonchev–Trinajstić information content (AvgIpc) is 3.59. The standard InChI is InChI=1S/C23H34O5.C5H5N5O/c1-21-7-5-15(24)10-14(21)3-4-17-18(21)11-19(25)22(2)16(6-8-23(17,22)27)13-9-20(26)28-12-13;6-5-9-3-2(4(11)10-5)7-1-8-3/h9,14-19,24-25,27H,3-8,10-12H2,1-2H3;1H,(H4,6,7,8,9,10,11)/t14-,15+,16-,17-,18+,19-,21+,22+,23+;/m1./s1. The summed E-state index contributed by atoms with van der Waals surface area (Å²) < 4.78 is 5.16. The van der Waals surface area contributed by atoms with E-state index in [0.717, 1.165) is 44.1 Å². The van der Waals surface area contributed by atoms with Gasteiger partial charge in [-0.05, 0) is 86.0 Å². The van der Waals surface area contributed by atoms with Gasteiger partial charge in [0.25, 0.3) is 5.56 Å². The van der Waals surface area contributed by atoms with Gasteiger partial charge in [0, 0.05) is 11.5 Å². The number of anilines is 1. The Kier molecular flexibility index (Phi) is 6.20. The number of cyclic esters (lactones) is 1. The van der Waals surface area contributed by atoms with Crippen LogP contribution in [-0.2, 0) is 9.53 Å². The first kappa shape index (κ1) is 26.5. The molecule has 4 aliphatic carbocycles. The molecule has 7 rings (SSSR count). The van der Waals surface area contributed by atoms with Gasteiger partial charge in [0.2, 0.25) is 5.95 Å². The summed E-state index contributed by atoms with van der Waals surface area (Å²) in [4.78, 5) is 35.2. The molecule has 4 fully saturated rings. The summed E-state index contributed by atoms with van der Waals surface area (Å²) in [6, 6.07) is 0. The maximum atomic E-state index is 12.1. The summed E-state index contributed by atoms with van der Waals surface area (Å²) in [5, 5.41) is 33.7. The van der Waals surface area contributed by atoms with Crippen LogP contribution < -0.4 is 11.3 Å². The number of ether oxygens (including phenoxy) is 1. The Balaban J connectivity index is 0.000000210. The molecule has 7 N–H and O–H groups in total. The zero-order valence-corrected chi connectivity index (χ0v) is 22.5. The summed E-state index contributed by atoms with van der Waals surface area (Å²) in [6.45, 7) is 4.69. The second kappa shape index (κ2) is 9.14. The molecule has 11 nitrogen and oxygen atoms in total. The van der Waals surface area contributed by atoms with Gasteiger partial charge in [0.15, 0.2) is 11.2 Å². The van der Waals surface area contributed by atoms with Crippen molar-refractivity contribution in [2.75, 3.05) is 12.3 Å². The maximum absolute atomic E-state index is 12.1. The molecular weight excluding hydrogens is 502 g/mol. The van der Waals surface area contributed by atoms with Crippen molar-refractivity contribution in [3.05, 3.63) is 28.3 Å². The van der Waals surface area contributed by atoms with Gasteiger partial charge < -0.3 is 30.8 Å². The van der Waals surface area contributed by atoms with Gasteiger partial charge in [-0.25, -0.2) is 9.78 Å². The number of nitrogens with two attached hydrogens (primary N) is 1. The number of esters is 1. The van der Waals surface area contributed by atoms with Crippen LogP contribution in [0.2, 0.25) is 0 Å². The van der Waals surface area contributed by atoms with Crippen LogP contribution in [0, 0.1) is 34.5 Å². The van der Waals surface area contributed by atoms with Crippen molar-refractivity contribution in [1.29, 1.82) is 0 Å². The van der Waals surface area contributed by atoms with E-state index < -0.39 is 17.1 Å². The van der Waals surface area contributed by atoms with Crippen LogP contribution >= 0.6 is 0 Å². The molecule has 9 atom stereocenters. The highest BCUT2D eigenvalue weighted by molar-refractivity contribution is 5.85. The zero-order chi connectivity index (χ0) is 27.7. The van der Waals surface area contributed by atoms with Crippen LogP contribution in [0.5, 0.6) is 0 Å². The van der Waals surface area contributed by atoms with Crippen molar-refractivity contribution in [1.82, 2.24) is 19.9 Å². The van der Waals surface area contributed by atoms with E-state index in [1.807, 2.05) is 6.92 Å². The fraction of sp³-hybridized carbons (Fsp3) is 0.714. The molecule has 4 saturated carbocycles. The van der Waals surface area contributed by atoms with Gasteiger partial charge in [-0.2, -0.15) is 4.98 Å². The van der Waals surface area contributed by atoms with E-state index in [1.54, 1.807) is 6.08 Å². The summed E-state index contributed by atoms with van der Waals surface area (Å²) in [7, 11) is 0. The van der Waals surface area contributed by atoms with Gasteiger partial charge in [0.05, 0.1) is 24.1 Å². The fourth-order valence-electron chi connectivity index (χ4n) is 9.23. The second-order valence-corrected chi connectivity index (χ2v) is 12.9. The van der Waals surface area contributed by atoms with Crippen molar-refractivity contribution < 1.29 is 24.9 Å². The number of hydrogen-bond acceptors (Lipinski definition) is 9. The van der Waals surface area contributed by atoms with Crippen LogP contribution in [0.1, 0.15) is 65.2 Å². The number of aromatic amines is 2. The van der Waals surface area contributed by atoms with E-state index in [9.17, 15) is 24.9 Å². The number of H-pyrrole nitrogens is 2. The molecule has 5 aliphatic rings. The number of rotatable bonds is 1. The van der Waals surface area contributed by atoms with Crippen LogP contribution in [0.4, 0.5) is 5.95 Å². The summed E-state index contributed by atoms with van der Waals surface area (Å²) >= 11 is 0. The quantitative estimate of drug-likeness (QED) is 0.293. The summed E-state index contributed by atoms with van der Waals surface area (Å²) in [5.74, 6) is 0.736. The fourth-order valence-corrected chi connectivity index (χ4v) is 9.23. The molecular formula is C28H39N5O6. The number of nitrogens with zero attached hydrogens (tertiary/aromatic N) is 2. The minimum Gasteiger partial charge on any atom is -0.458 e. The molecule has 1 aliphatic heterocycles. The molecule has 0 aromatic carbocycles. The lowest BCUT2D eigenvalue weighted by Gasteiger charge is -2.64. The normalized spacial score (nSPS) is 43.0. The third-order valence-corrected chi connectivity index (χ3v) is 11.4. The number of aromatic nitrogens is 4. The predicted molar refractivity (Wildman–Crippen MR) is 142 cm³/mol. The van der Waals surface area contributed by atoms with E-state index in [2.05, 4.69) is 26.9 Å². The average molecular weight is 542 g/mol. The van der Waals surface area contributed by atoms with E-state index >= 15 is 0 Å². The largest absolute Gasteiger partial charge is 0.458 e. The van der Waals surface area contributed by atoms with Gasteiger partial charge >= 0.3 is 5.97 Å². The molecule has 212 valence electrons. The Hall–Kier alpha value is -2.76. The smallest absolute Gasteiger partial charge is 0.331 e. The maximum Gasteiger partial charge on any atom is 0.331 e. The third-order valence-electron chi connectivity index (χ3n) is 11.4. The first-order valence-corrected chi connectivity index (χ1v) is 14.1. The SMILES string of the molecule is C[C@]12CC[C@H](O)C[C@H]1CC[C@@H]1[C@@H]2C[C@@H](O)[C@]2(C)[C@@H](C3=CC(=O)OC3)CC[C@]12O.Nc1nc2nc[nH]c2c(=O)[nH]1. The van der Waals surface area contributed by atoms with Crippen LogP contribution in [0.15, 0.2) is 22.8 Å². The number of fused-ring (bicyclic) bond motifs is 6. The molecule has 0 radical (unpaired) electrons. The Labute approximate surface area is 226 Å². The zero-order valence-electron chi connectivity index (χ0n) is 22.5. The van der Waals surface area contributed by atoms with Gasteiger partial charge in [0.1, 0.15) is 6.61 Å². The minimum atomic E-state index is -0.906. The lowest BCUT2D eigenvalue weighted by molar-refractivity contribution is -0.244.